The van der Waals surface area contributed by atoms with Crippen LogP contribution in [0.5, 0.6) is 5.75 Å². The average molecular weight is 388 g/mol. The smallest absolute Gasteiger partial charge is 0.416 e. The van der Waals surface area contributed by atoms with Crippen LogP contribution in [0, 0.1) is 0 Å². The van der Waals surface area contributed by atoms with Gasteiger partial charge in [-0.1, -0.05) is 12.1 Å². The molecule has 4 nitrogen and oxygen atoms in total. The standard InChI is InChI=1S/C18H17F5N2O2/c1-25(10-12-2-8-15(9-3-12)27-17(19)20)11-16(26)24-14-6-4-13(5-7-14)18(21,22)23/h2-9,17H,10-11H2,1H3,(H,24,26). The molecule has 2 aromatic carbocycles. The molecule has 27 heavy (non-hydrogen) atoms. The van der Waals surface area contributed by atoms with Crippen LogP contribution >= 0.6 is 0 Å². The fourth-order valence-electron chi connectivity index (χ4n) is 2.33. The molecule has 0 aliphatic carbocycles. The fourth-order valence-corrected chi connectivity index (χ4v) is 2.33. The quantitative estimate of drug-likeness (QED) is 0.716. The van der Waals surface area contributed by atoms with Crippen molar-refractivity contribution >= 4 is 11.6 Å². The number of alkyl halides is 5. The molecule has 1 amide bonds. The first-order chi connectivity index (χ1) is 12.6. The summed E-state index contributed by atoms with van der Waals surface area (Å²) < 4.78 is 66.0. The van der Waals surface area contributed by atoms with Crippen molar-refractivity contribution in [3.63, 3.8) is 0 Å². The monoisotopic (exact) mass is 388 g/mol. The molecule has 0 saturated carbocycles. The van der Waals surface area contributed by atoms with Crippen molar-refractivity contribution in [2.24, 2.45) is 0 Å². The zero-order valence-electron chi connectivity index (χ0n) is 14.3. The third-order valence-corrected chi connectivity index (χ3v) is 3.51. The predicted molar refractivity (Wildman–Crippen MR) is 89.5 cm³/mol. The van der Waals surface area contributed by atoms with E-state index in [4.69, 9.17) is 0 Å². The normalized spacial score (nSPS) is 11.7. The van der Waals surface area contributed by atoms with Crippen LogP contribution in [0.3, 0.4) is 0 Å². The highest BCUT2D eigenvalue weighted by atomic mass is 19.4. The van der Waals surface area contributed by atoms with Gasteiger partial charge in [0.05, 0.1) is 12.1 Å². The van der Waals surface area contributed by atoms with Crippen molar-refractivity contribution in [2.75, 3.05) is 18.9 Å². The molecule has 0 atom stereocenters. The van der Waals surface area contributed by atoms with E-state index in [9.17, 15) is 26.7 Å². The van der Waals surface area contributed by atoms with Crippen LogP contribution in [0.4, 0.5) is 27.6 Å². The highest BCUT2D eigenvalue weighted by Crippen LogP contribution is 2.29. The molecular weight excluding hydrogens is 371 g/mol. The van der Waals surface area contributed by atoms with Crippen LogP contribution in [0.2, 0.25) is 0 Å². The van der Waals surface area contributed by atoms with Gasteiger partial charge >= 0.3 is 12.8 Å². The first-order valence-corrected chi connectivity index (χ1v) is 7.83. The molecule has 0 bridgehead atoms. The number of carbonyl (C=O) groups is 1. The van der Waals surface area contributed by atoms with E-state index in [1.807, 2.05) is 0 Å². The Morgan fingerprint density at radius 3 is 2.19 bits per heavy atom. The topological polar surface area (TPSA) is 41.6 Å². The van der Waals surface area contributed by atoms with E-state index in [-0.39, 0.29) is 18.0 Å². The molecule has 0 aromatic heterocycles. The van der Waals surface area contributed by atoms with E-state index in [0.29, 0.717) is 6.54 Å². The number of hydrogen-bond acceptors (Lipinski definition) is 3. The van der Waals surface area contributed by atoms with Crippen molar-refractivity contribution in [3.8, 4) is 5.75 Å². The van der Waals surface area contributed by atoms with Crippen molar-refractivity contribution < 1.29 is 31.5 Å². The van der Waals surface area contributed by atoms with Crippen LogP contribution in [0.1, 0.15) is 11.1 Å². The van der Waals surface area contributed by atoms with E-state index < -0.39 is 24.3 Å². The Balaban J connectivity index is 1.84. The fraction of sp³-hybridized carbons (Fsp3) is 0.278. The second kappa shape index (κ2) is 8.81. The number of amides is 1. The van der Waals surface area contributed by atoms with Crippen LogP contribution in [-0.4, -0.2) is 31.0 Å². The zero-order valence-corrected chi connectivity index (χ0v) is 14.3. The van der Waals surface area contributed by atoms with Gasteiger partial charge in [0.2, 0.25) is 5.91 Å². The molecule has 0 fully saturated rings. The Kier molecular flexibility index (Phi) is 6.73. The molecule has 0 heterocycles. The van der Waals surface area contributed by atoms with Gasteiger partial charge in [-0.2, -0.15) is 22.0 Å². The Bertz CT molecular complexity index is 746. The molecule has 146 valence electrons. The first-order valence-electron chi connectivity index (χ1n) is 7.83. The molecule has 2 aromatic rings. The number of nitrogens with one attached hydrogen (secondary N) is 1. The third kappa shape index (κ3) is 6.86. The molecule has 2 rings (SSSR count). The summed E-state index contributed by atoms with van der Waals surface area (Å²) in [4.78, 5) is 13.7. The Hall–Kier alpha value is -2.68. The number of hydrogen-bond donors (Lipinski definition) is 1. The lowest BCUT2D eigenvalue weighted by atomic mass is 10.2. The number of nitrogens with zero attached hydrogens (tertiary/aromatic N) is 1. The predicted octanol–water partition coefficient (Wildman–Crippen LogP) is 4.38. The molecule has 0 unspecified atom stereocenters. The number of rotatable bonds is 7. The minimum atomic E-state index is -4.43. The highest BCUT2D eigenvalue weighted by Gasteiger charge is 2.29. The van der Waals surface area contributed by atoms with Gasteiger partial charge in [-0.3, -0.25) is 9.69 Å². The number of anilines is 1. The second-order valence-corrected chi connectivity index (χ2v) is 5.82. The maximum absolute atomic E-state index is 12.5. The van der Waals surface area contributed by atoms with E-state index >= 15 is 0 Å². The summed E-state index contributed by atoms with van der Waals surface area (Å²) in [6.07, 6.45) is -4.43. The van der Waals surface area contributed by atoms with Gasteiger partial charge in [-0.05, 0) is 49.0 Å². The number of carbonyl (C=O) groups excluding carboxylic acids is 1. The molecule has 0 spiro atoms. The SMILES string of the molecule is CN(CC(=O)Nc1ccc(C(F)(F)F)cc1)Cc1ccc(OC(F)F)cc1. The maximum atomic E-state index is 12.5. The van der Waals surface area contributed by atoms with Gasteiger partial charge in [0, 0.05) is 12.2 Å². The minimum Gasteiger partial charge on any atom is -0.435 e. The lowest BCUT2D eigenvalue weighted by Gasteiger charge is -2.17. The summed E-state index contributed by atoms with van der Waals surface area (Å²) in [5.74, 6) is -0.355. The van der Waals surface area contributed by atoms with Crippen molar-refractivity contribution in [2.45, 2.75) is 19.3 Å². The molecule has 1 N–H and O–H groups in total. The number of benzene rings is 2. The van der Waals surface area contributed by atoms with E-state index in [0.717, 1.165) is 17.7 Å². The summed E-state index contributed by atoms with van der Waals surface area (Å²) in [5, 5.41) is 2.52. The van der Waals surface area contributed by atoms with Gasteiger partial charge in [-0.15, -0.1) is 0 Å². The third-order valence-electron chi connectivity index (χ3n) is 3.51. The summed E-state index contributed by atoms with van der Waals surface area (Å²) in [6.45, 7) is -2.53. The van der Waals surface area contributed by atoms with Crippen LogP contribution in [-0.2, 0) is 17.5 Å². The molecular formula is C18H17F5N2O2. The van der Waals surface area contributed by atoms with Crippen molar-refractivity contribution in [1.29, 1.82) is 0 Å². The van der Waals surface area contributed by atoms with Gasteiger partial charge in [0.15, 0.2) is 0 Å². The number of ether oxygens (including phenoxy) is 1. The number of halogens is 5. The molecule has 9 heteroatoms. The molecule has 0 radical (unpaired) electrons. The summed E-state index contributed by atoms with van der Waals surface area (Å²) in [6, 6.07) is 10.1. The van der Waals surface area contributed by atoms with Gasteiger partial charge < -0.3 is 10.1 Å². The van der Waals surface area contributed by atoms with Gasteiger partial charge in [0.1, 0.15) is 5.75 Å². The van der Waals surface area contributed by atoms with E-state index in [1.165, 1.54) is 24.3 Å². The average Bonchev–Trinajstić information content (AvgIpc) is 2.55. The largest absolute Gasteiger partial charge is 0.435 e. The Labute approximate surface area is 152 Å². The summed E-state index contributed by atoms with van der Waals surface area (Å²) in [7, 11) is 1.68. The van der Waals surface area contributed by atoms with E-state index in [2.05, 4.69) is 10.1 Å². The zero-order chi connectivity index (χ0) is 20.0. The lowest BCUT2D eigenvalue weighted by Crippen LogP contribution is -2.29. The summed E-state index contributed by atoms with van der Waals surface area (Å²) >= 11 is 0. The second-order valence-electron chi connectivity index (χ2n) is 5.82. The number of likely N-dealkylation sites (N-methyl/N-ethyl adjacent to an activating group) is 1. The van der Waals surface area contributed by atoms with E-state index in [1.54, 1.807) is 24.1 Å². The molecule has 0 aliphatic heterocycles. The van der Waals surface area contributed by atoms with Crippen molar-refractivity contribution in [3.05, 3.63) is 59.7 Å². The maximum Gasteiger partial charge on any atom is 0.416 e. The van der Waals surface area contributed by atoms with Gasteiger partial charge in [-0.25, -0.2) is 0 Å². The molecule has 0 saturated heterocycles. The van der Waals surface area contributed by atoms with Crippen molar-refractivity contribution in [1.82, 2.24) is 4.90 Å². The lowest BCUT2D eigenvalue weighted by molar-refractivity contribution is -0.137. The summed E-state index contributed by atoms with van der Waals surface area (Å²) in [5.41, 5.74) is 0.244. The minimum absolute atomic E-state index is 0.00366. The Morgan fingerprint density at radius 2 is 1.67 bits per heavy atom. The first kappa shape index (κ1) is 20.6. The van der Waals surface area contributed by atoms with Gasteiger partial charge in [0.25, 0.3) is 0 Å². The highest BCUT2D eigenvalue weighted by molar-refractivity contribution is 5.92. The van der Waals surface area contributed by atoms with Crippen LogP contribution in [0.15, 0.2) is 48.5 Å². The Morgan fingerprint density at radius 1 is 1.07 bits per heavy atom. The molecule has 0 aliphatic rings. The van der Waals surface area contributed by atoms with Crippen LogP contribution < -0.4 is 10.1 Å². The van der Waals surface area contributed by atoms with Crippen LogP contribution in [0.25, 0.3) is 0 Å².